The second-order valence-corrected chi connectivity index (χ2v) is 10.5. The van der Waals surface area contributed by atoms with Crippen LogP contribution < -0.4 is 10.1 Å². The van der Waals surface area contributed by atoms with E-state index in [-0.39, 0.29) is 23.8 Å². The number of carbonyl (C=O) groups is 3. The third-order valence-electron chi connectivity index (χ3n) is 5.77. The van der Waals surface area contributed by atoms with Crippen molar-refractivity contribution in [3.05, 3.63) is 41.4 Å². The number of hydrogen-bond acceptors (Lipinski definition) is 8. The van der Waals surface area contributed by atoms with Gasteiger partial charge in [-0.3, -0.25) is 14.6 Å². The number of aromatic nitrogens is 1. The molecule has 4 heterocycles. The molecule has 0 bridgehead atoms. The SMILES string of the molecule is CCCC(NC(=O)Oc1ccsc1)C(=O)N1CCC2C1C(=O)CN2S(=O)(=O)c1cccnc1. The highest BCUT2D eigenvalue weighted by molar-refractivity contribution is 7.89. The van der Waals surface area contributed by atoms with Gasteiger partial charge in [-0.2, -0.15) is 4.31 Å². The Morgan fingerprint density at radius 2 is 2.18 bits per heavy atom. The van der Waals surface area contributed by atoms with Crippen molar-refractivity contribution in [2.45, 2.75) is 49.2 Å². The van der Waals surface area contributed by atoms with Crippen molar-refractivity contribution in [1.29, 1.82) is 0 Å². The van der Waals surface area contributed by atoms with Crippen molar-refractivity contribution in [3.63, 3.8) is 0 Å². The number of likely N-dealkylation sites (tertiary alicyclic amines) is 1. The predicted molar refractivity (Wildman–Crippen MR) is 119 cm³/mol. The number of sulfonamides is 1. The minimum Gasteiger partial charge on any atom is -0.409 e. The quantitative estimate of drug-likeness (QED) is 0.623. The highest BCUT2D eigenvalue weighted by Crippen LogP contribution is 2.34. The lowest BCUT2D eigenvalue weighted by Crippen LogP contribution is -2.53. The number of nitrogens with zero attached hydrogens (tertiary/aromatic N) is 3. The number of amides is 2. The average molecular weight is 493 g/mol. The molecule has 2 fully saturated rings. The molecule has 33 heavy (non-hydrogen) atoms. The van der Waals surface area contributed by atoms with Crippen LogP contribution in [0.3, 0.4) is 0 Å². The van der Waals surface area contributed by atoms with Crippen LogP contribution in [0.15, 0.2) is 46.2 Å². The number of Topliss-reactive ketones (excluding diaryl/α,β-unsaturated/α-hetero) is 1. The van der Waals surface area contributed by atoms with Gasteiger partial charge in [0.05, 0.1) is 12.6 Å². The van der Waals surface area contributed by atoms with Gasteiger partial charge < -0.3 is 15.0 Å². The molecule has 3 unspecified atom stereocenters. The summed E-state index contributed by atoms with van der Waals surface area (Å²) in [5.41, 5.74) is 0. The lowest BCUT2D eigenvalue weighted by molar-refractivity contribution is -0.138. The molecule has 0 radical (unpaired) electrons. The van der Waals surface area contributed by atoms with Crippen molar-refractivity contribution in [1.82, 2.24) is 19.5 Å². The Labute approximate surface area is 195 Å². The van der Waals surface area contributed by atoms with Crippen molar-refractivity contribution in [3.8, 4) is 5.75 Å². The van der Waals surface area contributed by atoms with E-state index in [4.69, 9.17) is 4.74 Å². The van der Waals surface area contributed by atoms with Crippen molar-refractivity contribution in [2.24, 2.45) is 0 Å². The van der Waals surface area contributed by atoms with Gasteiger partial charge in [-0.25, -0.2) is 13.2 Å². The number of carbonyl (C=O) groups excluding carboxylic acids is 3. The van der Waals surface area contributed by atoms with Gasteiger partial charge in [0.25, 0.3) is 0 Å². The van der Waals surface area contributed by atoms with E-state index in [2.05, 4.69) is 10.3 Å². The fraction of sp³-hybridized carbons (Fsp3) is 0.429. The van der Waals surface area contributed by atoms with Gasteiger partial charge >= 0.3 is 6.09 Å². The molecule has 0 aromatic carbocycles. The molecule has 3 atom stereocenters. The zero-order valence-electron chi connectivity index (χ0n) is 17.9. The van der Waals surface area contributed by atoms with E-state index in [1.165, 1.54) is 40.8 Å². The Morgan fingerprint density at radius 3 is 2.85 bits per heavy atom. The number of hydrogen-bond donors (Lipinski definition) is 1. The summed E-state index contributed by atoms with van der Waals surface area (Å²) in [6.07, 6.45) is 3.26. The molecule has 2 amide bonds. The molecule has 2 aliphatic heterocycles. The van der Waals surface area contributed by atoms with Crippen LogP contribution in [-0.4, -0.2) is 71.6 Å². The van der Waals surface area contributed by atoms with E-state index in [0.29, 0.717) is 25.0 Å². The lowest BCUT2D eigenvalue weighted by Gasteiger charge is -2.28. The average Bonchev–Trinajstić information content (AvgIpc) is 3.53. The number of pyridine rings is 1. The number of thiophene rings is 1. The molecule has 2 saturated heterocycles. The molecule has 2 aromatic rings. The number of ether oxygens (including phenoxy) is 1. The van der Waals surface area contributed by atoms with Gasteiger partial charge in [0.2, 0.25) is 15.9 Å². The zero-order chi connectivity index (χ0) is 23.6. The summed E-state index contributed by atoms with van der Waals surface area (Å²) in [6.45, 7) is 1.80. The Balaban J connectivity index is 1.49. The molecule has 12 heteroatoms. The zero-order valence-corrected chi connectivity index (χ0v) is 19.5. The molecule has 0 spiro atoms. The summed E-state index contributed by atoms with van der Waals surface area (Å²) in [5, 5.41) is 6.02. The Morgan fingerprint density at radius 1 is 1.36 bits per heavy atom. The fourth-order valence-corrected chi connectivity index (χ4v) is 6.45. The minimum absolute atomic E-state index is 0.00456. The first kappa shape index (κ1) is 23.3. The molecule has 0 saturated carbocycles. The minimum atomic E-state index is -3.93. The van der Waals surface area contributed by atoms with Gasteiger partial charge in [0, 0.05) is 24.3 Å². The Hall–Kier alpha value is -2.83. The molecule has 2 aromatic heterocycles. The largest absolute Gasteiger partial charge is 0.413 e. The summed E-state index contributed by atoms with van der Waals surface area (Å²) in [4.78, 5) is 43.7. The first-order chi connectivity index (χ1) is 15.8. The maximum absolute atomic E-state index is 13.3. The van der Waals surface area contributed by atoms with E-state index >= 15 is 0 Å². The van der Waals surface area contributed by atoms with Crippen LogP contribution in [0.5, 0.6) is 5.75 Å². The van der Waals surface area contributed by atoms with E-state index < -0.39 is 40.1 Å². The first-order valence-electron chi connectivity index (χ1n) is 10.6. The second kappa shape index (κ2) is 9.57. The van der Waals surface area contributed by atoms with Crippen LogP contribution >= 0.6 is 11.3 Å². The van der Waals surface area contributed by atoms with Crippen molar-refractivity contribution in [2.75, 3.05) is 13.1 Å². The molecule has 4 rings (SSSR count). The molecular formula is C21H24N4O6S2. The maximum Gasteiger partial charge on any atom is 0.413 e. The third kappa shape index (κ3) is 4.63. The normalized spacial score (nSPS) is 21.6. The van der Waals surface area contributed by atoms with Crippen molar-refractivity contribution < 1.29 is 27.5 Å². The van der Waals surface area contributed by atoms with Gasteiger partial charge in [-0.1, -0.05) is 13.3 Å². The molecule has 176 valence electrons. The highest BCUT2D eigenvalue weighted by Gasteiger charge is 2.54. The number of ketones is 1. The third-order valence-corrected chi connectivity index (χ3v) is 8.29. The van der Waals surface area contributed by atoms with Crippen LogP contribution in [-0.2, 0) is 19.6 Å². The van der Waals surface area contributed by atoms with E-state index in [9.17, 15) is 22.8 Å². The van der Waals surface area contributed by atoms with Gasteiger partial charge in [-0.05, 0) is 36.4 Å². The predicted octanol–water partition coefficient (Wildman–Crippen LogP) is 1.64. The number of fused-ring (bicyclic) bond motifs is 1. The number of rotatable bonds is 7. The highest BCUT2D eigenvalue weighted by atomic mass is 32.2. The lowest BCUT2D eigenvalue weighted by atomic mass is 10.1. The molecule has 2 aliphatic rings. The second-order valence-electron chi connectivity index (χ2n) is 7.87. The maximum atomic E-state index is 13.3. The summed E-state index contributed by atoms with van der Waals surface area (Å²) in [6, 6.07) is 2.18. The molecular weight excluding hydrogens is 468 g/mol. The van der Waals surface area contributed by atoms with E-state index in [1.54, 1.807) is 16.8 Å². The van der Waals surface area contributed by atoms with Crippen LogP contribution in [0.2, 0.25) is 0 Å². The molecule has 1 N–H and O–H groups in total. The molecule has 10 nitrogen and oxygen atoms in total. The topological polar surface area (TPSA) is 126 Å². The van der Waals surface area contributed by atoms with Crippen LogP contribution in [0.1, 0.15) is 26.2 Å². The first-order valence-corrected chi connectivity index (χ1v) is 13.0. The smallest absolute Gasteiger partial charge is 0.409 e. The number of nitrogens with one attached hydrogen (secondary N) is 1. The fourth-order valence-electron chi connectivity index (χ4n) is 4.31. The summed E-state index contributed by atoms with van der Waals surface area (Å²) in [5.74, 6) is -0.376. The van der Waals surface area contributed by atoms with Crippen LogP contribution in [0, 0.1) is 0 Å². The summed E-state index contributed by atoms with van der Waals surface area (Å²) in [7, 11) is -3.93. The summed E-state index contributed by atoms with van der Waals surface area (Å²) >= 11 is 1.37. The van der Waals surface area contributed by atoms with E-state index in [0.717, 1.165) is 4.31 Å². The monoisotopic (exact) mass is 492 g/mol. The van der Waals surface area contributed by atoms with Crippen LogP contribution in [0.4, 0.5) is 4.79 Å². The van der Waals surface area contributed by atoms with Crippen LogP contribution in [0.25, 0.3) is 0 Å². The van der Waals surface area contributed by atoms with Gasteiger partial charge in [0.15, 0.2) is 5.78 Å². The van der Waals surface area contributed by atoms with E-state index in [1.807, 2.05) is 6.92 Å². The van der Waals surface area contributed by atoms with Crippen molar-refractivity contribution >= 4 is 39.1 Å². The Kier molecular flexibility index (Phi) is 6.77. The molecule has 0 aliphatic carbocycles. The standard InChI is InChI=1S/C21H24N4O6S2/c1-2-4-16(23-21(28)31-14-7-10-32-13-14)20(27)24-9-6-17-19(24)18(26)12-25(17)33(29,30)15-5-3-8-22-11-15/h3,5,7-8,10-11,13,16-17,19H,2,4,6,9,12H2,1H3,(H,23,28). The Bertz CT molecular complexity index is 1120. The van der Waals surface area contributed by atoms with Gasteiger partial charge in [-0.15, -0.1) is 11.3 Å². The van der Waals surface area contributed by atoms with Gasteiger partial charge in [0.1, 0.15) is 22.7 Å². The summed E-state index contributed by atoms with van der Waals surface area (Å²) < 4.78 is 32.5.